The van der Waals surface area contributed by atoms with E-state index in [0.29, 0.717) is 0 Å². The van der Waals surface area contributed by atoms with E-state index in [9.17, 15) is 0 Å². The fraction of sp³-hybridized carbons (Fsp3) is 0.143. The zero-order valence-corrected chi connectivity index (χ0v) is 14.1. The number of nitrogens with zero attached hydrogens (tertiary/aromatic N) is 2. The van der Waals surface area contributed by atoms with Gasteiger partial charge in [0.1, 0.15) is 11.5 Å². The average Bonchev–Trinajstić information content (AvgIpc) is 3.07. The van der Waals surface area contributed by atoms with Crippen molar-refractivity contribution in [1.29, 1.82) is 0 Å². The van der Waals surface area contributed by atoms with Crippen LogP contribution in [0.2, 0.25) is 0 Å². The fourth-order valence-corrected chi connectivity index (χ4v) is 3.04. The third kappa shape index (κ3) is 3.38. The summed E-state index contributed by atoms with van der Waals surface area (Å²) in [6.45, 7) is 2.14. The lowest BCUT2D eigenvalue weighted by atomic mass is 10.1. The molecule has 1 atom stereocenters. The van der Waals surface area contributed by atoms with Crippen LogP contribution in [0.1, 0.15) is 29.7 Å². The lowest BCUT2D eigenvalue weighted by molar-refractivity contribution is 0.873. The molecule has 2 N–H and O–H groups in total. The Morgan fingerprint density at radius 3 is 2.68 bits per heavy atom. The number of aromatic amines is 1. The van der Waals surface area contributed by atoms with Crippen LogP contribution >= 0.6 is 0 Å². The number of pyridine rings is 2. The second-order valence-electron chi connectivity index (χ2n) is 6.22. The molecule has 4 rings (SSSR count). The molecule has 0 bridgehead atoms. The Labute approximate surface area is 147 Å². The first-order valence-electron chi connectivity index (χ1n) is 8.47. The first kappa shape index (κ1) is 15.4. The molecule has 4 heteroatoms. The third-order valence-corrected chi connectivity index (χ3v) is 4.42. The van der Waals surface area contributed by atoms with Gasteiger partial charge >= 0.3 is 0 Å². The number of benzene rings is 1. The van der Waals surface area contributed by atoms with Crippen LogP contribution in [0.3, 0.4) is 0 Å². The number of hydrogen-bond acceptors (Lipinski definition) is 3. The maximum absolute atomic E-state index is 4.57. The smallest absolute Gasteiger partial charge is 0.137 e. The standard InChI is InChI=1S/C21H20N4/c1-15(17-6-3-2-4-7-17)25-20-10-9-16(13-23-20)12-18-14-24-21-19(18)8-5-11-22-21/h2-11,13-15H,12H2,1H3,(H,22,24)(H,23,25). The van der Waals surface area contributed by atoms with Crippen molar-refractivity contribution in [3.05, 3.63) is 89.9 Å². The van der Waals surface area contributed by atoms with E-state index < -0.39 is 0 Å². The summed E-state index contributed by atoms with van der Waals surface area (Å²) in [6, 6.07) is 18.8. The van der Waals surface area contributed by atoms with Crippen LogP contribution in [0.5, 0.6) is 0 Å². The summed E-state index contributed by atoms with van der Waals surface area (Å²) in [6.07, 6.45) is 6.61. The van der Waals surface area contributed by atoms with E-state index in [1.807, 2.05) is 30.6 Å². The molecule has 0 fully saturated rings. The van der Waals surface area contributed by atoms with Gasteiger partial charge in [0, 0.05) is 36.4 Å². The van der Waals surface area contributed by atoms with E-state index in [1.54, 1.807) is 6.20 Å². The van der Waals surface area contributed by atoms with Crippen molar-refractivity contribution in [1.82, 2.24) is 15.0 Å². The van der Waals surface area contributed by atoms with Gasteiger partial charge < -0.3 is 10.3 Å². The minimum atomic E-state index is 0.222. The zero-order chi connectivity index (χ0) is 17.1. The van der Waals surface area contributed by atoms with E-state index in [-0.39, 0.29) is 6.04 Å². The molecular formula is C21H20N4. The Kier molecular flexibility index (Phi) is 4.17. The van der Waals surface area contributed by atoms with Crippen molar-refractivity contribution in [2.75, 3.05) is 5.32 Å². The van der Waals surface area contributed by atoms with Gasteiger partial charge in [-0.25, -0.2) is 9.97 Å². The van der Waals surface area contributed by atoms with Crippen LogP contribution in [-0.4, -0.2) is 15.0 Å². The molecule has 0 spiro atoms. The Morgan fingerprint density at radius 1 is 1.00 bits per heavy atom. The van der Waals surface area contributed by atoms with Crippen LogP contribution in [-0.2, 0) is 6.42 Å². The van der Waals surface area contributed by atoms with Crippen LogP contribution in [0.4, 0.5) is 5.82 Å². The Hall–Kier alpha value is -3.14. The first-order chi connectivity index (χ1) is 12.3. The van der Waals surface area contributed by atoms with E-state index in [2.05, 4.69) is 63.6 Å². The normalized spacial score (nSPS) is 12.2. The molecule has 0 aliphatic heterocycles. The van der Waals surface area contributed by atoms with Gasteiger partial charge in [0.15, 0.2) is 0 Å². The van der Waals surface area contributed by atoms with E-state index >= 15 is 0 Å². The van der Waals surface area contributed by atoms with Gasteiger partial charge in [-0.3, -0.25) is 0 Å². The second-order valence-corrected chi connectivity index (χ2v) is 6.22. The molecule has 0 radical (unpaired) electrons. The summed E-state index contributed by atoms with van der Waals surface area (Å²) in [4.78, 5) is 12.1. The Balaban J connectivity index is 1.47. The largest absolute Gasteiger partial charge is 0.364 e. The highest BCUT2D eigenvalue weighted by molar-refractivity contribution is 5.79. The van der Waals surface area contributed by atoms with Gasteiger partial charge in [-0.05, 0) is 41.8 Å². The van der Waals surface area contributed by atoms with Gasteiger partial charge in [0.05, 0.1) is 0 Å². The predicted molar refractivity (Wildman–Crippen MR) is 102 cm³/mol. The minimum absolute atomic E-state index is 0.222. The van der Waals surface area contributed by atoms with Gasteiger partial charge in [0.25, 0.3) is 0 Å². The van der Waals surface area contributed by atoms with E-state index in [1.165, 1.54) is 22.1 Å². The molecule has 0 aliphatic rings. The number of fused-ring (bicyclic) bond motifs is 1. The summed E-state index contributed by atoms with van der Waals surface area (Å²) in [5.41, 5.74) is 4.60. The minimum Gasteiger partial charge on any atom is -0.364 e. The Bertz CT molecular complexity index is 958. The van der Waals surface area contributed by atoms with Crippen LogP contribution in [0, 0.1) is 0 Å². The maximum Gasteiger partial charge on any atom is 0.137 e. The molecule has 1 unspecified atom stereocenters. The lowest BCUT2D eigenvalue weighted by Crippen LogP contribution is -2.07. The van der Waals surface area contributed by atoms with Crippen molar-refractivity contribution in [2.24, 2.45) is 0 Å². The molecule has 0 saturated carbocycles. The molecule has 4 nitrogen and oxygen atoms in total. The molecule has 3 aromatic heterocycles. The molecule has 0 saturated heterocycles. The summed E-state index contributed by atoms with van der Waals surface area (Å²) >= 11 is 0. The maximum atomic E-state index is 4.57. The second kappa shape index (κ2) is 6.77. The van der Waals surface area contributed by atoms with Gasteiger partial charge in [0.2, 0.25) is 0 Å². The fourth-order valence-electron chi connectivity index (χ4n) is 3.04. The monoisotopic (exact) mass is 328 g/mol. The lowest BCUT2D eigenvalue weighted by Gasteiger charge is -2.15. The molecule has 0 aliphatic carbocycles. The summed E-state index contributed by atoms with van der Waals surface area (Å²) < 4.78 is 0. The van der Waals surface area contributed by atoms with Gasteiger partial charge in [-0.1, -0.05) is 36.4 Å². The SMILES string of the molecule is CC(Nc1ccc(Cc2c[nH]c3ncccc23)cn1)c1ccccc1. The number of nitrogens with one attached hydrogen (secondary N) is 2. The quantitative estimate of drug-likeness (QED) is 0.557. The molecule has 25 heavy (non-hydrogen) atoms. The van der Waals surface area contributed by atoms with Crippen LogP contribution < -0.4 is 5.32 Å². The zero-order valence-electron chi connectivity index (χ0n) is 14.1. The molecule has 4 aromatic rings. The van der Waals surface area contributed by atoms with Crippen LogP contribution in [0.25, 0.3) is 11.0 Å². The molecule has 3 heterocycles. The topological polar surface area (TPSA) is 53.6 Å². The summed E-state index contributed by atoms with van der Waals surface area (Å²) in [5.74, 6) is 0.890. The van der Waals surface area contributed by atoms with Gasteiger partial charge in [-0.2, -0.15) is 0 Å². The number of anilines is 1. The van der Waals surface area contributed by atoms with Crippen molar-refractivity contribution < 1.29 is 0 Å². The third-order valence-electron chi connectivity index (χ3n) is 4.42. The average molecular weight is 328 g/mol. The van der Waals surface area contributed by atoms with Crippen molar-refractivity contribution in [3.8, 4) is 0 Å². The first-order valence-corrected chi connectivity index (χ1v) is 8.47. The van der Waals surface area contributed by atoms with Crippen molar-refractivity contribution >= 4 is 16.9 Å². The molecule has 124 valence electrons. The highest BCUT2D eigenvalue weighted by Gasteiger charge is 2.07. The number of hydrogen-bond donors (Lipinski definition) is 2. The highest BCUT2D eigenvalue weighted by atomic mass is 15.0. The number of rotatable bonds is 5. The molecule has 1 aromatic carbocycles. The van der Waals surface area contributed by atoms with Crippen molar-refractivity contribution in [3.63, 3.8) is 0 Å². The number of aromatic nitrogens is 3. The Morgan fingerprint density at radius 2 is 1.88 bits per heavy atom. The number of H-pyrrole nitrogens is 1. The molecule has 0 amide bonds. The summed E-state index contributed by atoms with van der Waals surface area (Å²) in [5, 5.41) is 4.62. The van der Waals surface area contributed by atoms with Crippen molar-refractivity contribution in [2.45, 2.75) is 19.4 Å². The summed E-state index contributed by atoms with van der Waals surface area (Å²) in [7, 11) is 0. The highest BCUT2D eigenvalue weighted by Crippen LogP contribution is 2.21. The van der Waals surface area contributed by atoms with Crippen LogP contribution in [0.15, 0.2) is 73.2 Å². The van der Waals surface area contributed by atoms with E-state index in [0.717, 1.165) is 17.9 Å². The van der Waals surface area contributed by atoms with Gasteiger partial charge in [-0.15, -0.1) is 0 Å². The van der Waals surface area contributed by atoms with E-state index in [4.69, 9.17) is 0 Å². The molecular weight excluding hydrogens is 308 g/mol. The predicted octanol–water partition coefficient (Wildman–Crippen LogP) is 4.72.